The molecule has 0 spiro atoms. The zero-order valence-corrected chi connectivity index (χ0v) is 15.3. The van der Waals surface area contributed by atoms with E-state index in [9.17, 15) is 4.79 Å². The van der Waals surface area contributed by atoms with E-state index in [1.165, 1.54) is 0 Å². The van der Waals surface area contributed by atoms with Gasteiger partial charge in [0.1, 0.15) is 18.1 Å². The second-order valence-corrected chi connectivity index (χ2v) is 6.11. The highest BCUT2D eigenvalue weighted by molar-refractivity contribution is 9.10. The van der Waals surface area contributed by atoms with Crippen LogP contribution in [0.2, 0.25) is 0 Å². The van der Waals surface area contributed by atoms with Gasteiger partial charge in [-0.25, -0.2) is 0 Å². The van der Waals surface area contributed by atoms with E-state index >= 15 is 0 Å². The summed E-state index contributed by atoms with van der Waals surface area (Å²) < 4.78 is 12.0. The van der Waals surface area contributed by atoms with Gasteiger partial charge >= 0.3 is 0 Å². The van der Waals surface area contributed by atoms with Crippen molar-refractivity contribution in [3.8, 4) is 11.5 Å². The standard InChI is InChI=1S/C19H22BrNO3/c1-2-3-13-23-15-8-10-16(11-9-15)24-14-12-21-19(22)17-6-4-5-7-18(17)20/h4-11H,2-3,12-14H2,1H3,(H,21,22). The zero-order valence-electron chi connectivity index (χ0n) is 13.8. The maximum Gasteiger partial charge on any atom is 0.252 e. The SMILES string of the molecule is CCCCOc1ccc(OCCNC(=O)c2ccccc2Br)cc1. The number of rotatable bonds is 9. The van der Waals surface area contributed by atoms with Crippen molar-refractivity contribution in [2.75, 3.05) is 19.8 Å². The van der Waals surface area contributed by atoms with E-state index in [0.29, 0.717) is 18.7 Å². The summed E-state index contributed by atoms with van der Waals surface area (Å²) in [4.78, 5) is 12.0. The van der Waals surface area contributed by atoms with Gasteiger partial charge in [-0.15, -0.1) is 0 Å². The van der Waals surface area contributed by atoms with E-state index < -0.39 is 0 Å². The normalized spacial score (nSPS) is 10.2. The monoisotopic (exact) mass is 391 g/mol. The van der Waals surface area contributed by atoms with E-state index in [4.69, 9.17) is 9.47 Å². The summed E-state index contributed by atoms with van der Waals surface area (Å²) in [5, 5.41) is 2.84. The number of hydrogen-bond donors (Lipinski definition) is 1. The molecule has 2 rings (SSSR count). The lowest BCUT2D eigenvalue weighted by atomic mass is 10.2. The molecule has 2 aromatic rings. The predicted molar refractivity (Wildman–Crippen MR) is 98.8 cm³/mol. The van der Waals surface area contributed by atoms with E-state index in [1.807, 2.05) is 42.5 Å². The molecule has 0 aliphatic carbocycles. The minimum absolute atomic E-state index is 0.120. The molecule has 0 unspecified atom stereocenters. The predicted octanol–water partition coefficient (Wildman–Crippen LogP) is 4.44. The van der Waals surface area contributed by atoms with Crippen LogP contribution in [0.3, 0.4) is 0 Å². The summed E-state index contributed by atoms with van der Waals surface area (Å²) in [5.41, 5.74) is 0.617. The number of benzene rings is 2. The lowest BCUT2D eigenvalue weighted by Gasteiger charge is -2.10. The van der Waals surface area contributed by atoms with Crippen LogP contribution in [-0.2, 0) is 0 Å². The summed E-state index contributed by atoms with van der Waals surface area (Å²) in [6.07, 6.45) is 2.17. The number of carbonyl (C=O) groups is 1. The summed E-state index contributed by atoms with van der Waals surface area (Å²) in [6.45, 7) is 3.72. The third-order valence-corrected chi connectivity index (χ3v) is 4.06. The largest absolute Gasteiger partial charge is 0.494 e. The molecule has 128 valence electrons. The first kappa shape index (κ1) is 18.3. The minimum Gasteiger partial charge on any atom is -0.494 e. The lowest BCUT2D eigenvalue weighted by molar-refractivity contribution is 0.0946. The highest BCUT2D eigenvalue weighted by atomic mass is 79.9. The van der Waals surface area contributed by atoms with Gasteiger partial charge in [-0.2, -0.15) is 0 Å². The van der Waals surface area contributed by atoms with Gasteiger partial charge in [-0.05, 0) is 58.7 Å². The van der Waals surface area contributed by atoms with Crippen LogP contribution in [0.4, 0.5) is 0 Å². The number of amides is 1. The third-order valence-electron chi connectivity index (χ3n) is 3.37. The van der Waals surface area contributed by atoms with E-state index in [0.717, 1.165) is 35.4 Å². The molecular weight excluding hydrogens is 370 g/mol. The van der Waals surface area contributed by atoms with Crippen molar-refractivity contribution in [2.24, 2.45) is 0 Å². The topological polar surface area (TPSA) is 47.6 Å². The van der Waals surface area contributed by atoms with Gasteiger partial charge in [0.25, 0.3) is 5.91 Å². The van der Waals surface area contributed by atoms with Gasteiger partial charge in [0.2, 0.25) is 0 Å². The summed E-state index contributed by atoms with van der Waals surface area (Å²) in [7, 11) is 0. The molecule has 0 bridgehead atoms. The highest BCUT2D eigenvalue weighted by Gasteiger charge is 2.08. The molecule has 0 atom stereocenters. The molecule has 4 nitrogen and oxygen atoms in total. The van der Waals surface area contributed by atoms with Gasteiger partial charge in [-0.1, -0.05) is 25.5 Å². The average Bonchev–Trinajstić information content (AvgIpc) is 2.60. The first-order valence-corrected chi connectivity index (χ1v) is 8.88. The minimum atomic E-state index is -0.120. The molecule has 0 heterocycles. The molecule has 1 N–H and O–H groups in total. The molecule has 24 heavy (non-hydrogen) atoms. The summed E-state index contributed by atoms with van der Waals surface area (Å²) in [5.74, 6) is 1.48. The first-order valence-electron chi connectivity index (χ1n) is 8.09. The number of unbranched alkanes of at least 4 members (excludes halogenated alkanes) is 1. The van der Waals surface area contributed by atoms with Crippen molar-refractivity contribution < 1.29 is 14.3 Å². The Balaban J connectivity index is 1.70. The molecule has 0 aromatic heterocycles. The van der Waals surface area contributed by atoms with Crippen LogP contribution in [0.25, 0.3) is 0 Å². The Bertz CT molecular complexity index is 643. The number of carbonyl (C=O) groups excluding carboxylic acids is 1. The van der Waals surface area contributed by atoms with Gasteiger partial charge in [-0.3, -0.25) is 4.79 Å². The molecule has 5 heteroatoms. The molecule has 0 saturated carbocycles. The van der Waals surface area contributed by atoms with Crippen LogP contribution < -0.4 is 14.8 Å². The van der Waals surface area contributed by atoms with Crippen molar-refractivity contribution in [1.82, 2.24) is 5.32 Å². The molecule has 0 radical (unpaired) electrons. The smallest absolute Gasteiger partial charge is 0.252 e. The lowest BCUT2D eigenvalue weighted by Crippen LogP contribution is -2.28. The van der Waals surface area contributed by atoms with Crippen molar-refractivity contribution in [2.45, 2.75) is 19.8 Å². The summed E-state index contributed by atoms with van der Waals surface area (Å²) in [6, 6.07) is 14.9. The van der Waals surface area contributed by atoms with Crippen LogP contribution in [0, 0.1) is 0 Å². The molecular formula is C19H22BrNO3. The Morgan fingerprint density at radius 3 is 2.25 bits per heavy atom. The molecule has 0 aliphatic heterocycles. The summed E-state index contributed by atoms with van der Waals surface area (Å²) >= 11 is 3.37. The number of nitrogens with one attached hydrogen (secondary N) is 1. The fourth-order valence-corrected chi connectivity index (χ4v) is 2.51. The maximum atomic E-state index is 12.0. The Morgan fingerprint density at radius 2 is 1.62 bits per heavy atom. The van der Waals surface area contributed by atoms with E-state index in [-0.39, 0.29) is 5.91 Å². The third kappa shape index (κ3) is 5.89. The van der Waals surface area contributed by atoms with Gasteiger partial charge < -0.3 is 14.8 Å². The first-order chi connectivity index (χ1) is 11.7. The maximum absolute atomic E-state index is 12.0. The highest BCUT2D eigenvalue weighted by Crippen LogP contribution is 2.18. The molecule has 0 fully saturated rings. The Kier molecular flexibility index (Phi) is 7.62. The second kappa shape index (κ2) is 9.98. The van der Waals surface area contributed by atoms with Crippen molar-refractivity contribution in [3.05, 3.63) is 58.6 Å². The van der Waals surface area contributed by atoms with E-state index in [1.54, 1.807) is 6.07 Å². The fraction of sp³-hybridized carbons (Fsp3) is 0.316. The fourth-order valence-electron chi connectivity index (χ4n) is 2.04. The van der Waals surface area contributed by atoms with Crippen LogP contribution in [0.15, 0.2) is 53.0 Å². The van der Waals surface area contributed by atoms with Crippen LogP contribution >= 0.6 is 15.9 Å². The van der Waals surface area contributed by atoms with Gasteiger partial charge in [0, 0.05) is 4.47 Å². The van der Waals surface area contributed by atoms with E-state index in [2.05, 4.69) is 28.2 Å². The Labute approximate surface area is 151 Å². The van der Waals surface area contributed by atoms with Gasteiger partial charge in [0.15, 0.2) is 0 Å². The quantitative estimate of drug-likeness (QED) is 0.642. The second-order valence-electron chi connectivity index (χ2n) is 5.26. The van der Waals surface area contributed by atoms with Crippen molar-refractivity contribution in [3.63, 3.8) is 0 Å². The number of ether oxygens (including phenoxy) is 2. The number of halogens is 1. The van der Waals surface area contributed by atoms with Gasteiger partial charge in [0.05, 0.1) is 18.7 Å². The van der Waals surface area contributed by atoms with Crippen molar-refractivity contribution >= 4 is 21.8 Å². The number of hydrogen-bond acceptors (Lipinski definition) is 3. The zero-order chi connectivity index (χ0) is 17.2. The van der Waals surface area contributed by atoms with Crippen molar-refractivity contribution in [1.29, 1.82) is 0 Å². The van der Waals surface area contributed by atoms with Crippen LogP contribution in [0.1, 0.15) is 30.1 Å². The Hall–Kier alpha value is -2.01. The molecule has 0 saturated heterocycles. The molecule has 0 aliphatic rings. The molecule has 2 aromatic carbocycles. The Morgan fingerprint density at radius 1 is 1.00 bits per heavy atom. The average molecular weight is 392 g/mol. The van der Waals surface area contributed by atoms with Crippen LogP contribution in [0.5, 0.6) is 11.5 Å². The molecule has 1 amide bonds. The van der Waals surface area contributed by atoms with Crippen LogP contribution in [-0.4, -0.2) is 25.7 Å².